The number of aromatic hydroxyl groups is 2. The van der Waals surface area contributed by atoms with E-state index in [9.17, 15) is 15.3 Å². The van der Waals surface area contributed by atoms with Crippen LogP contribution in [-0.4, -0.2) is 15.3 Å². The van der Waals surface area contributed by atoms with E-state index in [1.807, 2.05) is 25.1 Å². The van der Waals surface area contributed by atoms with Crippen LogP contribution in [0.4, 0.5) is 0 Å². The molecule has 26 heavy (non-hydrogen) atoms. The molecule has 0 saturated heterocycles. The average molecular weight is 344 g/mol. The molecular formula is C23H20O3. The minimum absolute atomic E-state index is 0.0208. The molecule has 3 aromatic rings. The SMILES string of the molecule is CC(c1ccc2ccccc2c1)(c1ccc(O)cc1O)C1C=CC(O)=C1. The molecule has 3 nitrogen and oxygen atoms in total. The number of hydrogen-bond donors (Lipinski definition) is 3. The van der Waals surface area contributed by atoms with Crippen LogP contribution in [0.2, 0.25) is 0 Å². The van der Waals surface area contributed by atoms with Crippen molar-refractivity contribution in [3.63, 3.8) is 0 Å². The van der Waals surface area contributed by atoms with E-state index in [1.54, 1.807) is 24.3 Å². The molecule has 3 aromatic carbocycles. The molecule has 0 radical (unpaired) electrons. The maximum absolute atomic E-state index is 10.6. The van der Waals surface area contributed by atoms with Crippen molar-refractivity contribution in [2.24, 2.45) is 5.92 Å². The predicted octanol–water partition coefficient (Wildman–Crippen LogP) is 5.18. The van der Waals surface area contributed by atoms with Crippen LogP contribution in [0.3, 0.4) is 0 Å². The summed E-state index contributed by atoms with van der Waals surface area (Å²) in [6, 6.07) is 19.1. The van der Waals surface area contributed by atoms with E-state index in [0.717, 1.165) is 16.3 Å². The van der Waals surface area contributed by atoms with Crippen molar-refractivity contribution in [3.8, 4) is 11.5 Å². The Bertz CT molecular complexity index is 1050. The number of hydrogen-bond acceptors (Lipinski definition) is 3. The molecule has 1 aliphatic carbocycles. The Labute approximate surface area is 152 Å². The largest absolute Gasteiger partial charge is 0.508 e. The summed E-state index contributed by atoms with van der Waals surface area (Å²) in [5.74, 6) is 0.153. The second-order valence-corrected chi connectivity index (χ2v) is 6.94. The number of fused-ring (bicyclic) bond motifs is 1. The van der Waals surface area contributed by atoms with Crippen molar-refractivity contribution < 1.29 is 15.3 Å². The molecule has 130 valence electrons. The first kappa shape index (κ1) is 16.3. The maximum atomic E-state index is 10.6. The second kappa shape index (κ2) is 5.95. The summed E-state index contributed by atoms with van der Waals surface area (Å²) < 4.78 is 0. The van der Waals surface area contributed by atoms with Crippen LogP contribution in [0.1, 0.15) is 18.1 Å². The van der Waals surface area contributed by atoms with Crippen LogP contribution in [0.25, 0.3) is 10.8 Å². The van der Waals surface area contributed by atoms with Crippen LogP contribution in [-0.2, 0) is 5.41 Å². The van der Waals surface area contributed by atoms with Gasteiger partial charge >= 0.3 is 0 Å². The van der Waals surface area contributed by atoms with Gasteiger partial charge in [0.15, 0.2) is 0 Å². The van der Waals surface area contributed by atoms with Crippen LogP contribution in [0.5, 0.6) is 11.5 Å². The molecule has 3 heteroatoms. The van der Waals surface area contributed by atoms with Gasteiger partial charge in [0.25, 0.3) is 0 Å². The summed E-state index contributed by atoms with van der Waals surface area (Å²) in [4.78, 5) is 0. The Morgan fingerprint density at radius 3 is 2.31 bits per heavy atom. The second-order valence-electron chi connectivity index (χ2n) is 6.94. The molecule has 3 N–H and O–H groups in total. The molecule has 0 aliphatic heterocycles. The third-order valence-corrected chi connectivity index (χ3v) is 5.38. The van der Waals surface area contributed by atoms with Gasteiger partial charge in [-0.25, -0.2) is 0 Å². The topological polar surface area (TPSA) is 60.7 Å². The maximum Gasteiger partial charge on any atom is 0.123 e. The highest BCUT2D eigenvalue weighted by Crippen LogP contribution is 2.47. The molecule has 2 atom stereocenters. The molecule has 0 aromatic heterocycles. The van der Waals surface area contributed by atoms with E-state index in [0.29, 0.717) is 5.56 Å². The standard InChI is InChI=1S/C23H20O3/c1-23(18-8-9-19(24)13-18,21-11-10-20(25)14-22(21)26)17-7-6-15-4-2-3-5-16(15)12-17/h2-14,18,24-26H,1H3. The minimum atomic E-state index is -0.608. The fourth-order valence-electron chi connectivity index (χ4n) is 3.86. The Hall–Kier alpha value is -3.20. The number of benzene rings is 3. The lowest BCUT2D eigenvalue weighted by atomic mass is 9.67. The highest BCUT2D eigenvalue weighted by Gasteiger charge is 2.39. The monoisotopic (exact) mass is 344 g/mol. The molecule has 0 spiro atoms. The third kappa shape index (κ3) is 2.53. The summed E-state index contributed by atoms with van der Waals surface area (Å²) in [5, 5.41) is 32.4. The third-order valence-electron chi connectivity index (χ3n) is 5.38. The van der Waals surface area contributed by atoms with Crippen molar-refractivity contribution >= 4 is 10.8 Å². The molecule has 0 saturated carbocycles. The summed E-state index contributed by atoms with van der Waals surface area (Å²) in [6.07, 6.45) is 5.42. The molecule has 4 rings (SSSR count). The molecule has 2 unspecified atom stereocenters. The van der Waals surface area contributed by atoms with Gasteiger partial charge in [0.2, 0.25) is 0 Å². The zero-order valence-corrected chi connectivity index (χ0v) is 14.4. The number of phenolic OH excluding ortho intramolecular Hbond substituents is 2. The quantitative estimate of drug-likeness (QED) is 0.613. The van der Waals surface area contributed by atoms with Crippen LogP contribution < -0.4 is 0 Å². The summed E-state index contributed by atoms with van der Waals surface area (Å²) in [7, 11) is 0. The van der Waals surface area contributed by atoms with E-state index in [4.69, 9.17) is 0 Å². The zero-order valence-electron chi connectivity index (χ0n) is 14.4. The Morgan fingerprint density at radius 1 is 0.846 bits per heavy atom. The van der Waals surface area contributed by atoms with Crippen molar-refractivity contribution in [2.75, 3.05) is 0 Å². The molecular weight excluding hydrogens is 324 g/mol. The fourth-order valence-corrected chi connectivity index (χ4v) is 3.86. The number of aliphatic hydroxyl groups excluding tert-OH is 1. The Balaban J connectivity index is 1.96. The molecule has 0 heterocycles. The van der Waals surface area contributed by atoms with Gasteiger partial charge in [-0.2, -0.15) is 0 Å². The highest BCUT2D eigenvalue weighted by molar-refractivity contribution is 5.83. The van der Waals surface area contributed by atoms with Gasteiger partial charge in [0.05, 0.1) is 0 Å². The van der Waals surface area contributed by atoms with Gasteiger partial charge in [-0.05, 0) is 34.6 Å². The Morgan fingerprint density at radius 2 is 1.62 bits per heavy atom. The van der Waals surface area contributed by atoms with Gasteiger partial charge in [-0.15, -0.1) is 0 Å². The lowest BCUT2D eigenvalue weighted by Gasteiger charge is -2.36. The minimum Gasteiger partial charge on any atom is -0.508 e. The van der Waals surface area contributed by atoms with E-state index < -0.39 is 5.41 Å². The summed E-state index contributed by atoms with van der Waals surface area (Å²) in [5.41, 5.74) is 1.12. The lowest BCUT2D eigenvalue weighted by Crippen LogP contribution is -2.31. The van der Waals surface area contributed by atoms with Gasteiger partial charge in [-0.1, -0.05) is 61.5 Å². The van der Waals surface area contributed by atoms with E-state index in [2.05, 4.69) is 30.3 Å². The van der Waals surface area contributed by atoms with Crippen molar-refractivity contribution in [1.82, 2.24) is 0 Å². The molecule has 0 bridgehead atoms. The van der Waals surface area contributed by atoms with Crippen molar-refractivity contribution in [1.29, 1.82) is 0 Å². The van der Waals surface area contributed by atoms with Crippen molar-refractivity contribution in [2.45, 2.75) is 12.3 Å². The summed E-state index contributed by atoms with van der Waals surface area (Å²) in [6.45, 7) is 2.05. The van der Waals surface area contributed by atoms with E-state index in [-0.39, 0.29) is 23.2 Å². The van der Waals surface area contributed by atoms with Crippen molar-refractivity contribution in [3.05, 3.63) is 95.8 Å². The molecule has 0 fully saturated rings. The first-order valence-electron chi connectivity index (χ1n) is 8.59. The van der Waals surface area contributed by atoms with Gasteiger partial charge < -0.3 is 15.3 Å². The van der Waals surface area contributed by atoms with Crippen LogP contribution >= 0.6 is 0 Å². The predicted molar refractivity (Wildman–Crippen MR) is 104 cm³/mol. The van der Waals surface area contributed by atoms with Crippen LogP contribution in [0, 0.1) is 5.92 Å². The summed E-state index contributed by atoms with van der Waals surface area (Å²) >= 11 is 0. The Kier molecular flexibility index (Phi) is 3.73. The average Bonchev–Trinajstić information content (AvgIpc) is 3.07. The molecule has 0 amide bonds. The highest BCUT2D eigenvalue weighted by atomic mass is 16.3. The zero-order chi connectivity index (χ0) is 18.3. The number of rotatable bonds is 3. The smallest absolute Gasteiger partial charge is 0.123 e. The first-order chi connectivity index (χ1) is 12.5. The number of phenols is 2. The van der Waals surface area contributed by atoms with Gasteiger partial charge in [0.1, 0.15) is 17.3 Å². The van der Waals surface area contributed by atoms with E-state index in [1.165, 1.54) is 6.07 Å². The normalized spacial score (nSPS) is 18.7. The first-order valence-corrected chi connectivity index (χ1v) is 8.59. The number of aliphatic hydroxyl groups is 1. The van der Waals surface area contributed by atoms with Crippen LogP contribution in [0.15, 0.2) is 84.7 Å². The van der Waals surface area contributed by atoms with Gasteiger partial charge in [0, 0.05) is 23.0 Å². The molecule has 1 aliphatic rings. The lowest BCUT2D eigenvalue weighted by molar-refractivity contribution is 0.405. The van der Waals surface area contributed by atoms with E-state index >= 15 is 0 Å². The number of allylic oxidation sites excluding steroid dienone is 3. The van der Waals surface area contributed by atoms with Gasteiger partial charge in [-0.3, -0.25) is 0 Å². The fraction of sp³-hybridized carbons (Fsp3) is 0.130.